The van der Waals surface area contributed by atoms with Crippen LogP contribution in [0.5, 0.6) is 28.7 Å². The average molecular weight is 540 g/mol. The summed E-state index contributed by atoms with van der Waals surface area (Å²) in [5, 5.41) is 19.3. The number of hydrogen-bond donors (Lipinski definition) is 1. The van der Waals surface area contributed by atoms with Crippen molar-refractivity contribution in [1.82, 2.24) is 0 Å². The highest BCUT2D eigenvalue weighted by molar-refractivity contribution is 7.47. The van der Waals surface area contributed by atoms with E-state index in [1.165, 1.54) is 22.5 Å². The Morgan fingerprint density at radius 3 is 1.70 bits per heavy atom. The number of nitriles is 1. The van der Waals surface area contributed by atoms with E-state index in [9.17, 15) is 9.67 Å². The van der Waals surface area contributed by atoms with E-state index in [0.29, 0.717) is 33.7 Å². The summed E-state index contributed by atoms with van der Waals surface area (Å²) >= 11 is 5.53. The normalized spacial score (nSPS) is 10.3. The van der Waals surface area contributed by atoms with Gasteiger partial charge in [0.2, 0.25) is 0 Å². The van der Waals surface area contributed by atoms with Gasteiger partial charge in [-0.15, -0.1) is 5.75 Å². The highest BCUT2D eigenvalue weighted by atomic mass is 35.5. The van der Waals surface area contributed by atoms with Crippen molar-refractivity contribution in [3.8, 4) is 34.8 Å². The predicted octanol–water partition coefficient (Wildman–Crippen LogP) is 4.97. The highest BCUT2D eigenvalue weighted by Gasteiger charge is 2.42. The standard InChI is InChI=1S/C19H19N2O5P.C7H4ClNO/c1-23-16-3-7-18(8-4-16)25-27(22,21-13-11-15(20)12-14-21)26-19-9-5-17(24-2)6-10-19;8-7-2-1-6(10)3-5(7)4-9/h3-14,20H,1-2H3;1-3,10H. The SMILES string of the molecule is COc1ccc(OP(=O)(Oc2ccc(OC)cc2)[n+]2ccc(N)cc2)cc1.N#Cc1cc([O-])ccc1Cl. The molecule has 1 heterocycles. The summed E-state index contributed by atoms with van der Waals surface area (Å²) < 4.78 is 36.7. The van der Waals surface area contributed by atoms with Gasteiger partial charge >= 0.3 is 7.75 Å². The van der Waals surface area contributed by atoms with Crippen molar-refractivity contribution in [2.24, 2.45) is 0 Å². The van der Waals surface area contributed by atoms with E-state index in [4.69, 9.17) is 41.1 Å². The molecule has 37 heavy (non-hydrogen) atoms. The van der Waals surface area contributed by atoms with Gasteiger partial charge in [-0.2, -0.15) is 9.83 Å². The van der Waals surface area contributed by atoms with Crippen LogP contribution in [0.1, 0.15) is 5.56 Å². The molecule has 4 aromatic rings. The van der Waals surface area contributed by atoms with Gasteiger partial charge in [0.1, 0.15) is 29.1 Å². The van der Waals surface area contributed by atoms with Crippen molar-refractivity contribution in [3.63, 3.8) is 0 Å². The van der Waals surface area contributed by atoms with E-state index < -0.39 is 7.75 Å². The van der Waals surface area contributed by atoms with Gasteiger partial charge < -0.3 is 29.4 Å². The van der Waals surface area contributed by atoms with Crippen LogP contribution in [-0.2, 0) is 4.57 Å². The minimum absolute atomic E-state index is 0.194. The highest BCUT2D eigenvalue weighted by Crippen LogP contribution is 2.44. The number of pyridine rings is 1. The number of nitrogens with zero attached hydrogens (tertiary/aromatic N) is 2. The van der Waals surface area contributed by atoms with Crippen molar-refractivity contribution in [1.29, 1.82) is 5.26 Å². The monoisotopic (exact) mass is 539 g/mol. The fraction of sp³-hybridized carbons (Fsp3) is 0.0769. The molecule has 2 N–H and O–H groups in total. The Hall–Kier alpha value is -4.38. The molecule has 0 amide bonds. The van der Waals surface area contributed by atoms with Crippen molar-refractivity contribution in [2.75, 3.05) is 20.0 Å². The van der Waals surface area contributed by atoms with E-state index in [1.54, 1.807) is 93.3 Å². The molecule has 0 atom stereocenters. The fourth-order valence-corrected chi connectivity index (χ4v) is 4.46. The lowest BCUT2D eigenvalue weighted by Gasteiger charge is -2.14. The zero-order chi connectivity index (χ0) is 26.8. The van der Waals surface area contributed by atoms with Gasteiger partial charge in [-0.3, -0.25) is 0 Å². The second-order valence-corrected chi connectivity index (χ2v) is 9.44. The number of nitrogens with two attached hydrogens (primary N) is 1. The summed E-state index contributed by atoms with van der Waals surface area (Å²) in [6.45, 7) is 0. The Morgan fingerprint density at radius 1 is 0.838 bits per heavy atom. The van der Waals surface area contributed by atoms with Crippen molar-refractivity contribution in [3.05, 3.63) is 102 Å². The largest absolute Gasteiger partial charge is 0.872 e. The summed E-state index contributed by atoms with van der Waals surface area (Å²) in [7, 11) is -0.669. The van der Waals surface area contributed by atoms with Crippen molar-refractivity contribution < 1.29 is 32.5 Å². The first-order valence-corrected chi connectivity index (χ1v) is 12.6. The molecule has 0 aliphatic rings. The zero-order valence-corrected chi connectivity index (χ0v) is 21.6. The second-order valence-electron chi connectivity index (χ2n) is 7.27. The predicted molar refractivity (Wildman–Crippen MR) is 137 cm³/mol. The quantitative estimate of drug-likeness (QED) is 0.326. The number of nitrogen functional groups attached to an aromatic ring is 1. The number of rotatable bonds is 7. The molecule has 0 radical (unpaired) electrons. The lowest BCUT2D eigenvalue weighted by Crippen LogP contribution is -2.35. The maximum absolute atomic E-state index is 13.6. The van der Waals surface area contributed by atoms with Gasteiger partial charge in [0.15, 0.2) is 12.4 Å². The Balaban J connectivity index is 0.000000319. The van der Waals surface area contributed by atoms with Crippen LogP contribution in [0.3, 0.4) is 0 Å². The first-order valence-electron chi connectivity index (χ1n) is 10.7. The van der Waals surface area contributed by atoms with Crippen LogP contribution in [0.4, 0.5) is 5.69 Å². The number of halogens is 1. The summed E-state index contributed by atoms with van der Waals surface area (Å²) in [5.74, 6) is 1.87. The Bertz CT molecular complexity index is 1360. The van der Waals surface area contributed by atoms with Gasteiger partial charge in [-0.25, -0.2) is 0 Å². The van der Waals surface area contributed by atoms with Gasteiger partial charge in [0.25, 0.3) is 0 Å². The van der Waals surface area contributed by atoms with Crippen LogP contribution in [0.2, 0.25) is 5.02 Å². The summed E-state index contributed by atoms with van der Waals surface area (Å²) in [4.78, 5) is 0. The van der Waals surface area contributed by atoms with Crippen LogP contribution in [0, 0.1) is 11.3 Å². The molecule has 3 aromatic carbocycles. The summed E-state index contributed by atoms with van der Waals surface area (Å²) in [6, 6.07) is 22.4. The zero-order valence-electron chi connectivity index (χ0n) is 19.9. The Labute approximate surface area is 219 Å². The van der Waals surface area contributed by atoms with Crippen LogP contribution < -0.4 is 33.7 Å². The van der Waals surface area contributed by atoms with Crippen LogP contribution in [0.25, 0.3) is 0 Å². The average Bonchev–Trinajstić information content (AvgIpc) is 2.91. The number of methoxy groups -OCH3 is 2. The van der Waals surface area contributed by atoms with Crippen molar-refractivity contribution >= 4 is 25.0 Å². The lowest BCUT2D eigenvalue weighted by atomic mass is 10.2. The molecule has 0 aliphatic carbocycles. The number of hydrogen-bond acceptors (Lipinski definition) is 8. The number of anilines is 1. The van der Waals surface area contributed by atoms with E-state index in [2.05, 4.69) is 0 Å². The van der Waals surface area contributed by atoms with E-state index >= 15 is 0 Å². The topological polar surface area (TPSA) is 131 Å². The maximum atomic E-state index is 13.6. The van der Waals surface area contributed by atoms with Crippen LogP contribution in [0.15, 0.2) is 91.3 Å². The molecule has 0 aliphatic heterocycles. The smallest absolute Gasteiger partial charge is 0.728 e. The molecule has 0 bridgehead atoms. The van der Waals surface area contributed by atoms with Crippen LogP contribution >= 0.6 is 19.3 Å². The third-order valence-corrected chi connectivity index (χ3v) is 6.79. The summed E-state index contributed by atoms with van der Waals surface area (Å²) in [5.41, 5.74) is 6.49. The summed E-state index contributed by atoms with van der Waals surface area (Å²) in [6.07, 6.45) is 3.09. The van der Waals surface area contributed by atoms with Gasteiger partial charge in [0, 0.05) is 17.8 Å². The fourth-order valence-electron chi connectivity index (χ4n) is 2.84. The van der Waals surface area contributed by atoms with E-state index in [-0.39, 0.29) is 11.3 Å². The Kier molecular flexibility index (Phi) is 9.22. The maximum Gasteiger partial charge on any atom is 0.728 e. The second kappa shape index (κ2) is 12.5. The van der Waals surface area contributed by atoms with Crippen molar-refractivity contribution in [2.45, 2.75) is 0 Å². The number of aromatic nitrogens is 1. The third kappa shape index (κ3) is 7.55. The molecule has 190 valence electrons. The first kappa shape index (κ1) is 27.2. The minimum Gasteiger partial charge on any atom is -0.872 e. The molecule has 0 saturated carbocycles. The first-order chi connectivity index (χ1) is 17.8. The minimum atomic E-state index is -3.80. The molecule has 4 rings (SSSR count). The molecule has 9 nitrogen and oxygen atoms in total. The van der Waals surface area contributed by atoms with E-state index in [0.717, 1.165) is 0 Å². The molecular weight excluding hydrogens is 517 g/mol. The molecule has 1 aromatic heterocycles. The molecule has 11 heteroatoms. The molecule has 0 unspecified atom stereocenters. The van der Waals surface area contributed by atoms with E-state index in [1.807, 2.05) is 0 Å². The number of benzene rings is 3. The molecule has 0 fully saturated rings. The number of ether oxygens (including phenoxy) is 2. The Morgan fingerprint density at radius 2 is 1.30 bits per heavy atom. The molecule has 0 spiro atoms. The van der Waals surface area contributed by atoms with Gasteiger partial charge in [0.05, 0.1) is 24.8 Å². The van der Waals surface area contributed by atoms with Crippen LogP contribution in [-0.4, -0.2) is 14.2 Å². The molecule has 0 saturated heterocycles. The lowest BCUT2D eigenvalue weighted by molar-refractivity contribution is -0.536. The van der Waals surface area contributed by atoms with Gasteiger partial charge in [-0.05, 0) is 54.6 Å². The third-order valence-electron chi connectivity index (χ3n) is 4.74. The van der Waals surface area contributed by atoms with Gasteiger partial charge in [-0.1, -0.05) is 28.1 Å². The molecular formula is C26H23ClN3O6P.